The second-order valence-corrected chi connectivity index (χ2v) is 8.21. The van der Waals surface area contributed by atoms with Gasteiger partial charge in [-0.3, -0.25) is 14.7 Å². The molecular formula is C20H20N4O3S. The maximum atomic E-state index is 12.7. The van der Waals surface area contributed by atoms with E-state index in [0.717, 1.165) is 6.42 Å². The molecule has 4 heterocycles. The molecule has 0 unspecified atom stereocenters. The van der Waals surface area contributed by atoms with Crippen LogP contribution in [0.5, 0.6) is 0 Å². The van der Waals surface area contributed by atoms with Crippen molar-refractivity contribution < 1.29 is 14.0 Å². The molecule has 28 heavy (non-hydrogen) atoms. The van der Waals surface area contributed by atoms with Crippen LogP contribution in [0.15, 0.2) is 46.4 Å². The number of aromatic amines is 1. The van der Waals surface area contributed by atoms with E-state index in [1.54, 1.807) is 34.6 Å². The number of hydrogen-bond donors (Lipinski definition) is 1. The molecule has 3 aromatic heterocycles. The second kappa shape index (κ2) is 6.94. The third kappa shape index (κ3) is 3.13. The van der Waals surface area contributed by atoms with Crippen LogP contribution in [0.4, 0.5) is 0 Å². The summed E-state index contributed by atoms with van der Waals surface area (Å²) in [7, 11) is 0. The Balaban J connectivity index is 1.17. The van der Waals surface area contributed by atoms with Gasteiger partial charge in [-0.25, -0.2) is 0 Å². The molecule has 2 fully saturated rings. The fourth-order valence-corrected chi connectivity index (χ4v) is 4.71. The number of thiophene rings is 1. The highest BCUT2D eigenvalue weighted by Gasteiger charge is 2.46. The van der Waals surface area contributed by atoms with Crippen molar-refractivity contribution in [3.05, 3.63) is 52.5 Å². The van der Waals surface area contributed by atoms with Crippen LogP contribution in [0.25, 0.3) is 11.5 Å². The van der Waals surface area contributed by atoms with E-state index >= 15 is 0 Å². The number of nitrogens with one attached hydrogen (secondary N) is 1. The largest absolute Gasteiger partial charge is 0.463 e. The molecule has 7 nitrogen and oxygen atoms in total. The number of nitrogens with zero attached hydrogens (tertiary/aromatic N) is 3. The molecule has 1 N–H and O–H groups in total. The summed E-state index contributed by atoms with van der Waals surface area (Å²) in [4.78, 5) is 30.4. The molecular weight excluding hydrogens is 376 g/mol. The minimum absolute atomic E-state index is 0.114. The van der Waals surface area contributed by atoms with Crippen molar-refractivity contribution in [2.45, 2.75) is 12.3 Å². The van der Waals surface area contributed by atoms with E-state index in [9.17, 15) is 9.59 Å². The van der Waals surface area contributed by atoms with Gasteiger partial charge in [0.25, 0.3) is 5.91 Å². The van der Waals surface area contributed by atoms with Gasteiger partial charge in [0.1, 0.15) is 5.69 Å². The summed E-state index contributed by atoms with van der Waals surface area (Å²) in [5.74, 6) is 1.25. The number of carbonyl (C=O) groups is 2. The summed E-state index contributed by atoms with van der Waals surface area (Å²) >= 11 is 1.72. The standard InChI is InChI=1S/C20H20N4O3S/c25-19(14-11-13(14)18-4-2-10-28-18)23-5-7-24(8-6-23)20(26)16-12-15(21-22-16)17-3-1-9-27-17/h1-4,9-10,12-14H,5-8,11H2,(H,21,22)/t13-,14+/m1/s1. The topological polar surface area (TPSA) is 82.4 Å². The van der Waals surface area contributed by atoms with Crippen molar-refractivity contribution in [2.75, 3.05) is 26.2 Å². The fraction of sp³-hybridized carbons (Fsp3) is 0.350. The molecule has 1 saturated carbocycles. The molecule has 1 saturated heterocycles. The van der Waals surface area contributed by atoms with Crippen LogP contribution in [0, 0.1) is 5.92 Å². The van der Waals surface area contributed by atoms with Crippen molar-refractivity contribution in [2.24, 2.45) is 5.92 Å². The minimum atomic E-state index is -0.121. The van der Waals surface area contributed by atoms with Gasteiger partial charge in [0.05, 0.1) is 6.26 Å². The van der Waals surface area contributed by atoms with E-state index in [4.69, 9.17) is 4.42 Å². The average Bonchev–Trinajstić information content (AvgIpc) is 3.21. The minimum Gasteiger partial charge on any atom is -0.463 e. The summed E-state index contributed by atoms with van der Waals surface area (Å²) in [6.07, 6.45) is 2.53. The molecule has 1 aliphatic carbocycles. The molecule has 1 aliphatic heterocycles. The van der Waals surface area contributed by atoms with Gasteiger partial charge in [-0.05, 0) is 30.0 Å². The lowest BCUT2D eigenvalue weighted by molar-refractivity contribution is -0.134. The van der Waals surface area contributed by atoms with Crippen molar-refractivity contribution >= 4 is 23.2 Å². The number of carbonyl (C=O) groups excluding carboxylic acids is 2. The fourth-order valence-electron chi connectivity index (χ4n) is 3.80. The molecule has 0 radical (unpaired) electrons. The number of piperazine rings is 1. The Labute approximate surface area is 165 Å². The molecule has 2 atom stereocenters. The Morgan fingerprint density at radius 2 is 1.96 bits per heavy atom. The van der Waals surface area contributed by atoms with E-state index in [1.165, 1.54) is 4.88 Å². The van der Waals surface area contributed by atoms with Crippen molar-refractivity contribution in [1.82, 2.24) is 20.0 Å². The lowest BCUT2D eigenvalue weighted by Crippen LogP contribution is -2.51. The van der Waals surface area contributed by atoms with E-state index < -0.39 is 0 Å². The Hall–Kier alpha value is -2.87. The van der Waals surface area contributed by atoms with Gasteiger partial charge < -0.3 is 14.2 Å². The molecule has 0 spiro atoms. The molecule has 0 aromatic carbocycles. The third-order valence-corrected chi connectivity index (χ3v) is 6.48. The Bertz CT molecular complexity index is 971. The van der Waals surface area contributed by atoms with E-state index in [0.29, 0.717) is 49.2 Å². The van der Waals surface area contributed by atoms with Crippen molar-refractivity contribution in [3.8, 4) is 11.5 Å². The van der Waals surface area contributed by atoms with Gasteiger partial charge >= 0.3 is 0 Å². The zero-order valence-corrected chi connectivity index (χ0v) is 16.0. The Morgan fingerprint density at radius 1 is 1.14 bits per heavy atom. The van der Waals surface area contributed by atoms with E-state index in [-0.39, 0.29) is 17.7 Å². The summed E-state index contributed by atoms with van der Waals surface area (Å²) in [5, 5.41) is 9.03. The number of H-pyrrole nitrogens is 1. The van der Waals surface area contributed by atoms with Crippen molar-refractivity contribution in [1.29, 1.82) is 0 Å². The predicted octanol–water partition coefficient (Wildman–Crippen LogP) is 2.82. The molecule has 144 valence electrons. The summed E-state index contributed by atoms with van der Waals surface area (Å²) in [5.41, 5.74) is 1.04. The Kier molecular flexibility index (Phi) is 4.27. The van der Waals surface area contributed by atoms with Crippen LogP contribution in [-0.2, 0) is 4.79 Å². The highest BCUT2D eigenvalue weighted by atomic mass is 32.1. The maximum Gasteiger partial charge on any atom is 0.274 e. The van der Waals surface area contributed by atoms with Gasteiger partial charge in [-0.1, -0.05) is 6.07 Å². The quantitative estimate of drug-likeness (QED) is 0.735. The normalized spacial score (nSPS) is 21.7. The molecule has 2 amide bonds. The first-order valence-electron chi connectivity index (χ1n) is 9.41. The monoisotopic (exact) mass is 396 g/mol. The van der Waals surface area contributed by atoms with Crippen LogP contribution in [-0.4, -0.2) is 58.0 Å². The van der Waals surface area contributed by atoms with Gasteiger partial charge in [0.2, 0.25) is 5.91 Å². The number of rotatable bonds is 4. The third-order valence-electron chi connectivity index (χ3n) is 5.48. The maximum absolute atomic E-state index is 12.7. The number of hydrogen-bond acceptors (Lipinski definition) is 5. The number of furan rings is 1. The van der Waals surface area contributed by atoms with Crippen LogP contribution in [0.1, 0.15) is 27.7 Å². The van der Waals surface area contributed by atoms with Gasteiger partial charge in [-0.15, -0.1) is 11.3 Å². The molecule has 0 bridgehead atoms. The smallest absolute Gasteiger partial charge is 0.274 e. The zero-order valence-electron chi connectivity index (χ0n) is 15.2. The lowest BCUT2D eigenvalue weighted by atomic mass is 10.2. The van der Waals surface area contributed by atoms with Crippen molar-refractivity contribution in [3.63, 3.8) is 0 Å². The molecule has 8 heteroatoms. The summed E-state index contributed by atoms with van der Waals surface area (Å²) < 4.78 is 5.32. The first-order valence-corrected chi connectivity index (χ1v) is 10.3. The van der Waals surface area contributed by atoms with Gasteiger partial charge in [0.15, 0.2) is 11.5 Å². The van der Waals surface area contributed by atoms with E-state index in [2.05, 4.69) is 21.6 Å². The Morgan fingerprint density at radius 3 is 2.68 bits per heavy atom. The second-order valence-electron chi connectivity index (χ2n) is 7.23. The highest BCUT2D eigenvalue weighted by molar-refractivity contribution is 7.10. The van der Waals surface area contributed by atoms with E-state index in [1.807, 2.05) is 17.0 Å². The molecule has 5 rings (SSSR count). The first-order chi connectivity index (χ1) is 13.7. The molecule has 3 aromatic rings. The van der Waals surface area contributed by atoms with Gasteiger partial charge in [0, 0.05) is 49.0 Å². The predicted molar refractivity (Wildman–Crippen MR) is 104 cm³/mol. The summed E-state index contributed by atoms with van der Waals surface area (Å²) in [6, 6.07) is 9.45. The number of amides is 2. The average molecular weight is 396 g/mol. The molecule has 2 aliphatic rings. The van der Waals surface area contributed by atoms with Crippen LogP contribution in [0.3, 0.4) is 0 Å². The van der Waals surface area contributed by atoms with Crippen LogP contribution >= 0.6 is 11.3 Å². The number of aromatic nitrogens is 2. The summed E-state index contributed by atoms with van der Waals surface area (Å²) in [6.45, 7) is 2.22. The van der Waals surface area contributed by atoms with Crippen LogP contribution < -0.4 is 0 Å². The highest BCUT2D eigenvalue weighted by Crippen LogP contribution is 2.50. The van der Waals surface area contributed by atoms with Gasteiger partial charge in [-0.2, -0.15) is 5.10 Å². The van der Waals surface area contributed by atoms with Crippen LogP contribution in [0.2, 0.25) is 0 Å². The first kappa shape index (κ1) is 17.2. The SMILES string of the molecule is O=C(c1cc(-c2ccco2)[nH]n1)N1CCN(C(=O)[C@H]2C[C@H]2c2cccs2)CC1. The lowest BCUT2D eigenvalue weighted by Gasteiger charge is -2.34. The zero-order chi connectivity index (χ0) is 19.1.